The molecule has 0 bridgehead atoms. The van der Waals surface area contributed by atoms with Gasteiger partial charge in [0.2, 0.25) is 5.82 Å². The van der Waals surface area contributed by atoms with E-state index in [2.05, 4.69) is 10.1 Å². The molecule has 1 heterocycles. The number of aliphatic carboxylic acids is 1. The molecule has 0 saturated heterocycles. The fourth-order valence-corrected chi connectivity index (χ4v) is 2.18. The quantitative estimate of drug-likeness (QED) is 0.722. The number of rotatable bonds is 5. The fourth-order valence-electron chi connectivity index (χ4n) is 2.18. The molecule has 0 aliphatic rings. The van der Waals surface area contributed by atoms with Crippen molar-refractivity contribution in [1.29, 1.82) is 0 Å². The lowest BCUT2D eigenvalue weighted by Crippen LogP contribution is -2.32. The lowest BCUT2D eigenvalue weighted by Gasteiger charge is -2.06. The maximum absolute atomic E-state index is 12.9. The number of halogens is 2. The van der Waals surface area contributed by atoms with E-state index < -0.39 is 12.0 Å². The van der Waals surface area contributed by atoms with Crippen molar-refractivity contribution in [3.05, 3.63) is 59.9 Å². The zero-order valence-corrected chi connectivity index (χ0v) is 13.7. The highest BCUT2D eigenvalue weighted by Crippen LogP contribution is 2.22. The Morgan fingerprint density at radius 1 is 1.12 bits per heavy atom. The van der Waals surface area contributed by atoms with Gasteiger partial charge in [-0.05, 0) is 36.2 Å². The van der Waals surface area contributed by atoms with E-state index in [1.807, 2.05) is 0 Å². The Morgan fingerprint density at radius 3 is 2.32 bits per heavy atom. The molecule has 0 fully saturated rings. The molecule has 2 aromatic carbocycles. The van der Waals surface area contributed by atoms with Gasteiger partial charge in [0.15, 0.2) is 0 Å². The van der Waals surface area contributed by atoms with E-state index in [0.717, 1.165) is 11.1 Å². The largest absolute Gasteiger partial charge is 0.480 e. The number of nitrogens with two attached hydrogens (primary N) is 1. The summed E-state index contributed by atoms with van der Waals surface area (Å²) >= 11 is 0. The Hall–Kier alpha value is -2.77. The molecule has 0 aliphatic heterocycles. The second-order valence-corrected chi connectivity index (χ2v) is 5.28. The highest BCUT2D eigenvalue weighted by Gasteiger charge is 2.13. The van der Waals surface area contributed by atoms with Crippen LogP contribution in [0.3, 0.4) is 0 Å². The van der Waals surface area contributed by atoms with Crippen LogP contribution < -0.4 is 5.73 Å². The van der Waals surface area contributed by atoms with Gasteiger partial charge in [-0.1, -0.05) is 29.4 Å². The van der Waals surface area contributed by atoms with Crippen LogP contribution in [-0.4, -0.2) is 27.3 Å². The third kappa shape index (κ3) is 4.40. The van der Waals surface area contributed by atoms with Crippen LogP contribution in [0.5, 0.6) is 0 Å². The number of aromatic nitrogens is 2. The number of carboxylic acid groups (broad SMARTS) is 1. The van der Waals surface area contributed by atoms with Gasteiger partial charge >= 0.3 is 5.97 Å². The summed E-state index contributed by atoms with van der Waals surface area (Å²) in [5, 5.41) is 12.7. The van der Waals surface area contributed by atoms with Crippen molar-refractivity contribution in [1.82, 2.24) is 10.1 Å². The summed E-state index contributed by atoms with van der Waals surface area (Å²) in [5.74, 6) is -0.694. The van der Waals surface area contributed by atoms with Crippen molar-refractivity contribution in [2.24, 2.45) is 5.73 Å². The highest BCUT2D eigenvalue weighted by atomic mass is 35.5. The van der Waals surface area contributed by atoms with Crippen LogP contribution in [0.2, 0.25) is 0 Å². The topological polar surface area (TPSA) is 102 Å². The van der Waals surface area contributed by atoms with Crippen molar-refractivity contribution in [3.8, 4) is 22.8 Å². The van der Waals surface area contributed by atoms with Gasteiger partial charge in [0.1, 0.15) is 11.9 Å². The van der Waals surface area contributed by atoms with Crippen LogP contribution in [0, 0.1) is 5.82 Å². The molecule has 0 radical (unpaired) electrons. The van der Waals surface area contributed by atoms with Crippen molar-refractivity contribution in [2.45, 2.75) is 12.5 Å². The molecule has 0 aliphatic carbocycles. The molecule has 1 aromatic heterocycles. The van der Waals surface area contributed by atoms with Gasteiger partial charge in [-0.25, -0.2) is 4.39 Å². The molecule has 25 heavy (non-hydrogen) atoms. The minimum Gasteiger partial charge on any atom is -0.480 e. The maximum Gasteiger partial charge on any atom is 0.320 e. The first-order chi connectivity index (χ1) is 11.5. The van der Waals surface area contributed by atoms with E-state index in [0.29, 0.717) is 17.3 Å². The second-order valence-electron chi connectivity index (χ2n) is 5.28. The summed E-state index contributed by atoms with van der Waals surface area (Å²) in [4.78, 5) is 15.0. The van der Waals surface area contributed by atoms with E-state index in [-0.39, 0.29) is 24.6 Å². The summed E-state index contributed by atoms with van der Waals surface area (Å²) in [6, 6.07) is 11.9. The molecule has 130 valence electrons. The molecule has 1 atom stereocenters. The molecular formula is C17H15ClFN3O3. The monoisotopic (exact) mass is 363 g/mol. The van der Waals surface area contributed by atoms with E-state index in [1.165, 1.54) is 12.1 Å². The van der Waals surface area contributed by atoms with Crippen molar-refractivity contribution in [3.63, 3.8) is 0 Å². The van der Waals surface area contributed by atoms with E-state index in [9.17, 15) is 9.18 Å². The number of carbonyl (C=O) groups is 1. The maximum atomic E-state index is 12.9. The molecular weight excluding hydrogens is 349 g/mol. The Morgan fingerprint density at radius 2 is 1.72 bits per heavy atom. The third-order valence-electron chi connectivity index (χ3n) is 3.50. The van der Waals surface area contributed by atoms with Gasteiger partial charge in [0.25, 0.3) is 5.89 Å². The first kappa shape index (κ1) is 18.6. The normalized spacial score (nSPS) is 11.6. The minimum atomic E-state index is -1.04. The molecule has 1 unspecified atom stereocenters. The minimum absolute atomic E-state index is 0. The van der Waals surface area contributed by atoms with Crippen molar-refractivity contribution < 1.29 is 18.8 Å². The van der Waals surface area contributed by atoms with Crippen molar-refractivity contribution in [2.75, 3.05) is 0 Å². The number of nitrogens with zero attached hydrogens (tertiary/aromatic N) is 2. The number of hydrogen-bond acceptors (Lipinski definition) is 5. The van der Waals surface area contributed by atoms with Gasteiger partial charge in [-0.2, -0.15) is 4.98 Å². The van der Waals surface area contributed by atoms with Crippen LogP contribution in [0.15, 0.2) is 53.1 Å². The zero-order valence-electron chi connectivity index (χ0n) is 12.9. The number of benzene rings is 2. The summed E-state index contributed by atoms with van der Waals surface area (Å²) in [5.41, 5.74) is 7.66. The molecule has 3 N–H and O–H groups in total. The van der Waals surface area contributed by atoms with Gasteiger partial charge in [0, 0.05) is 11.1 Å². The Bertz CT molecular complexity index is 850. The average Bonchev–Trinajstić information content (AvgIpc) is 3.06. The third-order valence-corrected chi connectivity index (χ3v) is 3.50. The number of carboxylic acids is 1. The first-order valence-corrected chi connectivity index (χ1v) is 7.20. The first-order valence-electron chi connectivity index (χ1n) is 7.20. The lowest BCUT2D eigenvalue weighted by atomic mass is 10.0. The SMILES string of the molecule is Cl.NC(Cc1ccc(-c2noc(-c3ccc(F)cc3)n2)cc1)C(=O)O. The molecule has 0 saturated carbocycles. The van der Waals surface area contributed by atoms with Crippen molar-refractivity contribution >= 4 is 18.4 Å². The van der Waals surface area contributed by atoms with Gasteiger partial charge in [-0.3, -0.25) is 4.79 Å². The molecule has 0 spiro atoms. The standard InChI is InChI=1S/C17H14FN3O3.ClH/c18-13-7-5-12(6-8-13)16-20-15(21-24-16)11-3-1-10(2-4-11)9-14(19)17(22)23;/h1-8,14H,9,19H2,(H,22,23);1H. The van der Waals surface area contributed by atoms with E-state index in [1.54, 1.807) is 36.4 Å². The predicted octanol–water partition coefficient (Wildman–Crippen LogP) is 2.92. The Labute approximate surface area is 148 Å². The average molecular weight is 364 g/mol. The van der Waals surface area contributed by atoms with Crippen LogP contribution in [-0.2, 0) is 11.2 Å². The zero-order chi connectivity index (χ0) is 17.1. The van der Waals surface area contributed by atoms with Crippen LogP contribution in [0.25, 0.3) is 22.8 Å². The van der Waals surface area contributed by atoms with Crippen LogP contribution in [0.4, 0.5) is 4.39 Å². The molecule has 6 nitrogen and oxygen atoms in total. The van der Waals surface area contributed by atoms with E-state index >= 15 is 0 Å². The molecule has 3 rings (SSSR count). The van der Waals surface area contributed by atoms with Gasteiger partial charge in [-0.15, -0.1) is 12.4 Å². The van der Waals surface area contributed by atoms with E-state index in [4.69, 9.17) is 15.4 Å². The molecule has 0 amide bonds. The summed E-state index contributed by atoms with van der Waals surface area (Å²) in [6.07, 6.45) is 0.239. The van der Waals surface area contributed by atoms with Gasteiger partial charge < -0.3 is 15.4 Å². The highest BCUT2D eigenvalue weighted by molar-refractivity contribution is 5.85. The molecule has 8 heteroatoms. The lowest BCUT2D eigenvalue weighted by molar-refractivity contribution is -0.138. The molecule has 3 aromatic rings. The fraction of sp³-hybridized carbons (Fsp3) is 0.118. The van der Waals surface area contributed by atoms with Gasteiger partial charge in [0.05, 0.1) is 0 Å². The number of hydrogen-bond donors (Lipinski definition) is 2. The summed E-state index contributed by atoms with van der Waals surface area (Å²) in [6.45, 7) is 0. The summed E-state index contributed by atoms with van der Waals surface area (Å²) in [7, 11) is 0. The predicted molar refractivity (Wildman–Crippen MR) is 91.7 cm³/mol. The van der Waals surface area contributed by atoms with Crippen LogP contribution >= 0.6 is 12.4 Å². The smallest absolute Gasteiger partial charge is 0.320 e. The second kappa shape index (κ2) is 7.87. The summed E-state index contributed by atoms with van der Waals surface area (Å²) < 4.78 is 18.1. The Kier molecular flexibility index (Phi) is 5.84. The van der Waals surface area contributed by atoms with Crippen LogP contribution in [0.1, 0.15) is 5.56 Å². The Balaban J connectivity index is 0.00000225.